The molecule has 1 heterocycles. The summed E-state index contributed by atoms with van der Waals surface area (Å²) in [4.78, 5) is 4.24. The molecule has 0 saturated heterocycles. The molecule has 0 aliphatic carbocycles. The Kier molecular flexibility index (Phi) is 7.61. The van der Waals surface area contributed by atoms with Crippen molar-refractivity contribution in [1.82, 2.24) is 10.6 Å². The second kappa shape index (κ2) is 8.71. The molecule has 0 bridgehead atoms. The van der Waals surface area contributed by atoms with Gasteiger partial charge in [-0.1, -0.05) is 6.07 Å². The zero-order valence-corrected chi connectivity index (χ0v) is 16.6. The van der Waals surface area contributed by atoms with Crippen LogP contribution in [0, 0.1) is 0 Å². The number of rotatable bonds is 5. The minimum absolute atomic E-state index is 0. The van der Waals surface area contributed by atoms with Crippen molar-refractivity contribution in [3.05, 3.63) is 23.8 Å². The number of thioether (sulfide) groups is 1. The summed E-state index contributed by atoms with van der Waals surface area (Å²) in [6, 6.07) is 5.96. The van der Waals surface area contributed by atoms with E-state index in [1.165, 1.54) is 0 Å². The highest BCUT2D eigenvalue weighted by Gasteiger charge is 2.16. The molecule has 1 aliphatic heterocycles. The van der Waals surface area contributed by atoms with Gasteiger partial charge in [0.1, 0.15) is 0 Å². The van der Waals surface area contributed by atoms with Crippen molar-refractivity contribution in [1.29, 1.82) is 0 Å². The summed E-state index contributed by atoms with van der Waals surface area (Å²) < 4.78 is 10.9. The smallest absolute Gasteiger partial charge is 0.231 e. The van der Waals surface area contributed by atoms with Gasteiger partial charge in [0, 0.05) is 24.9 Å². The SMILES string of the molecule is CN=C(NCc1ccc2c(c1)OCO2)NCC(C)(C)SC.I. The van der Waals surface area contributed by atoms with E-state index < -0.39 is 0 Å². The Balaban J connectivity index is 0.00000242. The summed E-state index contributed by atoms with van der Waals surface area (Å²) in [5.41, 5.74) is 1.13. The third-order valence-corrected chi connectivity index (χ3v) is 4.60. The highest BCUT2D eigenvalue weighted by Crippen LogP contribution is 2.32. The van der Waals surface area contributed by atoms with E-state index in [1.54, 1.807) is 7.05 Å². The van der Waals surface area contributed by atoms with Crippen LogP contribution >= 0.6 is 35.7 Å². The van der Waals surface area contributed by atoms with Crippen LogP contribution in [-0.2, 0) is 6.54 Å². The third kappa shape index (κ3) is 5.42. The van der Waals surface area contributed by atoms with E-state index in [2.05, 4.69) is 35.7 Å². The Morgan fingerprint density at radius 1 is 1.27 bits per heavy atom. The molecule has 0 saturated carbocycles. The maximum atomic E-state index is 5.38. The lowest BCUT2D eigenvalue weighted by atomic mass is 10.2. The van der Waals surface area contributed by atoms with Gasteiger partial charge >= 0.3 is 0 Å². The molecule has 22 heavy (non-hydrogen) atoms. The van der Waals surface area contributed by atoms with Gasteiger partial charge < -0.3 is 20.1 Å². The lowest BCUT2D eigenvalue weighted by Gasteiger charge is -2.23. The van der Waals surface area contributed by atoms with Crippen LogP contribution in [0.15, 0.2) is 23.2 Å². The quantitative estimate of drug-likeness (QED) is 0.422. The highest BCUT2D eigenvalue weighted by molar-refractivity contribution is 14.0. The normalized spacial score (nSPS) is 13.5. The van der Waals surface area contributed by atoms with E-state index in [1.807, 2.05) is 30.0 Å². The fourth-order valence-electron chi connectivity index (χ4n) is 1.83. The summed E-state index contributed by atoms with van der Waals surface area (Å²) in [6.07, 6.45) is 2.12. The number of ether oxygens (including phenoxy) is 2. The average molecular weight is 437 g/mol. The summed E-state index contributed by atoms with van der Waals surface area (Å²) in [5, 5.41) is 6.65. The third-order valence-electron chi connectivity index (χ3n) is 3.35. The van der Waals surface area contributed by atoms with Crippen molar-refractivity contribution < 1.29 is 9.47 Å². The predicted octanol–water partition coefficient (Wildman–Crippen LogP) is 2.84. The molecule has 0 radical (unpaired) electrons. The number of benzene rings is 1. The predicted molar refractivity (Wildman–Crippen MR) is 104 cm³/mol. The number of guanidine groups is 1. The first kappa shape index (κ1) is 19.2. The molecule has 0 spiro atoms. The first-order valence-electron chi connectivity index (χ1n) is 6.92. The van der Waals surface area contributed by atoms with E-state index in [-0.39, 0.29) is 28.7 Å². The molecule has 2 N–H and O–H groups in total. The zero-order valence-electron chi connectivity index (χ0n) is 13.4. The lowest BCUT2D eigenvalue weighted by molar-refractivity contribution is 0.174. The largest absolute Gasteiger partial charge is 0.454 e. The highest BCUT2D eigenvalue weighted by atomic mass is 127. The zero-order chi connectivity index (χ0) is 15.3. The van der Waals surface area contributed by atoms with E-state index in [0.717, 1.165) is 29.6 Å². The van der Waals surface area contributed by atoms with Crippen LogP contribution in [-0.4, -0.2) is 37.3 Å². The molecular weight excluding hydrogens is 413 g/mol. The molecule has 0 unspecified atom stereocenters. The Morgan fingerprint density at radius 3 is 2.68 bits per heavy atom. The van der Waals surface area contributed by atoms with Gasteiger partial charge in [0.15, 0.2) is 17.5 Å². The number of nitrogens with one attached hydrogen (secondary N) is 2. The number of nitrogens with zero attached hydrogens (tertiary/aromatic N) is 1. The summed E-state index contributed by atoms with van der Waals surface area (Å²) in [7, 11) is 1.78. The van der Waals surface area contributed by atoms with Gasteiger partial charge in [-0.2, -0.15) is 11.8 Å². The van der Waals surface area contributed by atoms with Gasteiger partial charge in [0.05, 0.1) is 0 Å². The van der Waals surface area contributed by atoms with Crippen LogP contribution in [0.4, 0.5) is 0 Å². The van der Waals surface area contributed by atoms with Crippen molar-refractivity contribution in [2.24, 2.45) is 4.99 Å². The fraction of sp³-hybridized carbons (Fsp3) is 0.533. The van der Waals surface area contributed by atoms with Gasteiger partial charge in [-0.05, 0) is 37.8 Å². The fourth-order valence-corrected chi connectivity index (χ4v) is 2.04. The molecule has 2 rings (SSSR count). The van der Waals surface area contributed by atoms with Crippen molar-refractivity contribution in [3.8, 4) is 11.5 Å². The first-order chi connectivity index (χ1) is 10.0. The van der Waals surface area contributed by atoms with Gasteiger partial charge in [-0.3, -0.25) is 4.99 Å². The van der Waals surface area contributed by atoms with E-state index >= 15 is 0 Å². The minimum Gasteiger partial charge on any atom is -0.454 e. The number of aliphatic imine (C=N–C) groups is 1. The summed E-state index contributed by atoms with van der Waals surface area (Å²) in [6.45, 7) is 6.26. The van der Waals surface area contributed by atoms with Crippen molar-refractivity contribution in [3.63, 3.8) is 0 Å². The van der Waals surface area contributed by atoms with Crippen LogP contribution < -0.4 is 20.1 Å². The minimum atomic E-state index is 0. The number of hydrogen-bond acceptors (Lipinski definition) is 4. The number of hydrogen-bond donors (Lipinski definition) is 2. The van der Waals surface area contributed by atoms with Crippen LogP contribution in [0.3, 0.4) is 0 Å². The second-order valence-corrected chi connectivity index (χ2v) is 6.94. The van der Waals surface area contributed by atoms with Crippen LogP contribution in [0.25, 0.3) is 0 Å². The molecule has 0 amide bonds. The average Bonchev–Trinajstić information content (AvgIpc) is 2.95. The Morgan fingerprint density at radius 2 is 2.00 bits per heavy atom. The molecule has 7 heteroatoms. The van der Waals surface area contributed by atoms with Crippen LogP contribution in [0.5, 0.6) is 11.5 Å². The van der Waals surface area contributed by atoms with E-state index in [9.17, 15) is 0 Å². The topological polar surface area (TPSA) is 54.9 Å². The van der Waals surface area contributed by atoms with Gasteiger partial charge in [-0.25, -0.2) is 0 Å². The monoisotopic (exact) mass is 437 g/mol. The second-order valence-electron chi connectivity index (χ2n) is 5.43. The molecule has 1 aromatic carbocycles. The summed E-state index contributed by atoms with van der Waals surface area (Å²) in [5.74, 6) is 2.42. The molecule has 0 aromatic heterocycles. The van der Waals surface area contributed by atoms with Gasteiger partial charge in [0.25, 0.3) is 0 Å². The standard InChI is InChI=1S/C15H23N3O2S.HI/c1-15(2,21-4)9-18-14(16-3)17-8-11-5-6-12-13(7-11)20-10-19-12;/h5-7H,8-10H2,1-4H3,(H2,16,17,18);1H. The Hall–Kier alpha value is -0.830. The van der Waals surface area contributed by atoms with Crippen LogP contribution in [0.1, 0.15) is 19.4 Å². The molecule has 1 aliphatic rings. The molecule has 124 valence electrons. The number of fused-ring (bicyclic) bond motifs is 1. The Bertz CT molecular complexity index is 524. The van der Waals surface area contributed by atoms with Crippen molar-refractivity contribution in [2.75, 3.05) is 26.6 Å². The summed E-state index contributed by atoms with van der Waals surface area (Å²) >= 11 is 1.83. The van der Waals surface area contributed by atoms with E-state index in [0.29, 0.717) is 13.3 Å². The van der Waals surface area contributed by atoms with Gasteiger partial charge in [0.2, 0.25) is 6.79 Å². The molecular formula is C15H24IN3O2S. The first-order valence-corrected chi connectivity index (χ1v) is 8.15. The van der Waals surface area contributed by atoms with Crippen molar-refractivity contribution in [2.45, 2.75) is 25.1 Å². The van der Waals surface area contributed by atoms with Crippen LogP contribution in [0.2, 0.25) is 0 Å². The maximum absolute atomic E-state index is 5.38. The number of halogens is 1. The van der Waals surface area contributed by atoms with E-state index in [4.69, 9.17) is 9.47 Å². The van der Waals surface area contributed by atoms with Gasteiger partial charge in [-0.15, -0.1) is 24.0 Å². The molecule has 1 aromatic rings. The molecule has 5 nitrogen and oxygen atoms in total. The van der Waals surface area contributed by atoms with Crippen molar-refractivity contribution >= 4 is 41.7 Å². The molecule has 0 atom stereocenters. The Labute approximate surface area is 153 Å². The maximum Gasteiger partial charge on any atom is 0.231 e. The lowest BCUT2D eigenvalue weighted by Crippen LogP contribution is -2.42. The molecule has 0 fully saturated rings.